The van der Waals surface area contributed by atoms with Crippen LogP contribution >= 0.6 is 11.6 Å². The van der Waals surface area contributed by atoms with Crippen LogP contribution in [0.1, 0.15) is 51.9 Å². The van der Waals surface area contributed by atoms with Crippen molar-refractivity contribution >= 4 is 11.6 Å². The molecule has 0 atom stereocenters. The van der Waals surface area contributed by atoms with E-state index in [0.717, 1.165) is 5.88 Å². The van der Waals surface area contributed by atoms with Crippen LogP contribution in [-0.2, 0) is 0 Å². The lowest BCUT2D eigenvalue weighted by Gasteiger charge is -2.14. The van der Waals surface area contributed by atoms with Crippen molar-refractivity contribution in [2.24, 2.45) is 5.41 Å². The normalized spacial score (nSPS) is 18.4. The van der Waals surface area contributed by atoms with Gasteiger partial charge in [-0.3, -0.25) is 0 Å². The van der Waals surface area contributed by atoms with Gasteiger partial charge in [0.15, 0.2) is 0 Å². The van der Waals surface area contributed by atoms with Gasteiger partial charge in [0.2, 0.25) is 0 Å². The summed E-state index contributed by atoms with van der Waals surface area (Å²) in [5.74, 6) is 0.831. The summed E-state index contributed by atoms with van der Waals surface area (Å²) in [5, 5.41) is 3.57. The lowest BCUT2D eigenvalue weighted by molar-refractivity contribution is 0.440. The number of hydrogen-bond donors (Lipinski definition) is 1. The van der Waals surface area contributed by atoms with Gasteiger partial charge >= 0.3 is 0 Å². The molecule has 1 nitrogen and oxygen atoms in total. The summed E-state index contributed by atoms with van der Waals surface area (Å²) in [6.45, 7) is 4.66. The second-order valence-corrected chi connectivity index (χ2v) is 5.05. The third-order valence-electron chi connectivity index (χ3n) is 3.29. The highest BCUT2D eigenvalue weighted by molar-refractivity contribution is 6.17. The van der Waals surface area contributed by atoms with Crippen LogP contribution in [0.25, 0.3) is 0 Å². The number of rotatable bonds is 9. The standard InChI is InChI=1S/C12H24ClN/c1-2-3-4-5-10-14-11-12(6-7-12)8-9-13/h14H,2-11H2,1H3. The highest BCUT2D eigenvalue weighted by Gasteiger charge is 2.40. The molecule has 0 amide bonds. The zero-order valence-electron chi connectivity index (χ0n) is 9.45. The first-order valence-electron chi connectivity index (χ1n) is 6.10. The van der Waals surface area contributed by atoms with Crippen LogP contribution in [0.2, 0.25) is 0 Å². The number of hydrogen-bond acceptors (Lipinski definition) is 1. The Kier molecular flexibility index (Phi) is 5.88. The van der Waals surface area contributed by atoms with Gasteiger partial charge < -0.3 is 5.32 Å². The van der Waals surface area contributed by atoms with E-state index < -0.39 is 0 Å². The van der Waals surface area contributed by atoms with E-state index in [1.165, 1.54) is 58.0 Å². The predicted molar refractivity (Wildman–Crippen MR) is 64.0 cm³/mol. The van der Waals surface area contributed by atoms with Crippen molar-refractivity contribution in [3.8, 4) is 0 Å². The van der Waals surface area contributed by atoms with Gasteiger partial charge in [-0.05, 0) is 37.6 Å². The predicted octanol–water partition coefficient (Wildman–Crippen LogP) is 3.57. The molecule has 0 aliphatic heterocycles. The maximum Gasteiger partial charge on any atom is 0.0229 e. The lowest BCUT2D eigenvalue weighted by Crippen LogP contribution is -2.25. The van der Waals surface area contributed by atoms with E-state index in [1.54, 1.807) is 0 Å². The Balaban J connectivity index is 1.88. The van der Waals surface area contributed by atoms with Crippen molar-refractivity contribution in [3.63, 3.8) is 0 Å². The Labute approximate surface area is 93.6 Å². The smallest absolute Gasteiger partial charge is 0.0229 e. The SMILES string of the molecule is CCCCCCNCC1(CCCl)CC1. The fourth-order valence-electron chi connectivity index (χ4n) is 1.92. The molecule has 0 bridgehead atoms. The van der Waals surface area contributed by atoms with Crippen LogP contribution in [0.15, 0.2) is 0 Å². The molecule has 2 heteroatoms. The quantitative estimate of drug-likeness (QED) is 0.460. The van der Waals surface area contributed by atoms with Gasteiger partial charge in [-0.2, -0.15) is 0 Å². The zero-order chi connectivity index (χ0) is 10.3. The van der Waals surface area contributed by atoms with E-state index in [9.17, 15) is 0 Å². The van der Waals surface area contributed by atoms with Crippen LogP contribution in [0, 0.1) is 5.41 Å². The highest BCUT2D eigenvalue weighted by atomic mass is 35.5. The Hall–Kier alpha value is 0.250. The van der Waals surface area contributed by atoms with E-state index in [1.807, 2.05) is 0 Å². The summed E-state index contributed by atoms with van der Waals surface area (Å²) in [5.41, 5.74) is 0.604. The first-order chi connectivity index (χ1) is 6.83. The van der Waals surface area contributed by atoms with Crippen LogP contribution in [0.4, 0.5) is 0 Å². The van der Waals surface area contributed by atoms with Gasteiger partial charge in [0.05, 0.1) is 0 Å². The van der Waals surface area contributed by atoms with E-state index in [-0.39, 0.29) is 0 Å². The molecule has 14 heavy (non-hydrogen) atoms. The molecule has 1 rings (SSSR count). The summed E-state index contributed by atoms with van der Waals surface area (Å²) >= 11 is 5.78. The fraction of sp³-hybridized carbons (Fsp3) is 1.00. The Morgan fingerprint density at radius 3 is 2.57 bits per heavy atom. The number of nitrogens with one attached hydrogen (secondary N) is 1. The van der Waals surface area contributed by atoms with Gasteiger partial charge in [0.25, 0.3) is 0 Å². The van der Waals surface area contributed by atoms with E-state index >= 15 is 0 Å². The first kappa shape index (κ1) is 12.3. The van der Waals surface area contributed by atoms with E-state index in [4.69, 9.17) is 11.6 Å². The van der Waals surface area contributed by atoms with Gasteiger partial charge in [-0.25, -0.2) is 0 Å². The van der Waals surface area contributed by atoms with Gasteiger partial charge in [-0.1, -0.05) is 26.2 Å². The first-order valence-corrected chi connectivity index (χ1v) is 6.63. The average molecular weight is 218 g/mol. The monoisotopic (exact) mass is 217 g/mol. The molecule has 0 unspecified atom stereocenters. The topological polar surface area (TPSA) is 12.0 Å². The molecule has 0 heterocycles. The summed E-state index contributed by atoms with van der Waals surface area (Å²) in [6.07, 6.45) is 9.42. The molecule has 0 aromatic heterocycles. The number of unbranched alkanes of at least 4 members (excludes halogenated alkanes) is 3. The molecule has 0 spiro atoms. The Morgan fingerprint density at radius 2 is 2.00 bits per heavy atom. The second-order valence-electron chi connectivity index (χ2n) is 4.68. The van der Waals surface area contributed by atoms with Gasteiger partial charge in [0, 0.05) is 12.4 Å². The largest absolute Gasteiger partial charge is 0.316 e. The molecular weight excluding hydrogens is 194 g/mol. The van der Waals surface area contributed by atoms with Crippen LogP contribution in [0.3, 0.4) is 0 Å². The second kappa shape index (κ2) is 6.68. The van der Waals surface area contributed by atoms with Crippen molar-refractivity contribution in [1.82, 2.24) is 5.32 Å². The summed E-state index contributed by atoms with van der Waals surface area (Å²) in [7, 11) is 0. The van der Waals surface area contributed by atoms with Crippen LogP contribution < -0.4 is 5.32 Å². The van der Waals surface area contributed by atoms with Crippen molar-refractivity contribution in [2.75, 3.05) is 19.0 Å². The van der Waals surface area contributed by atoms with Crippen molar-refractivity contribution in [2.45, 2.75) is 51.9 Å². The number of halogens is 1. The maximum atomic E-state index is 5.78. The maximum absolute atomic E-state index is 5.78. The van der Waals surface area contributed by atoms with Gasteiger partial charge in [-0.15, -0.1) is 11.6 Å². The molecule has 1 aliphatic rings. The van der Waals surface area contributed by atoms with Crippen molar-refractivity contribution < 1.29 is 0 Å². The minimum atomic E-state index is 0.604. The molecule has 1 fully saturated rings. The summed E-state index contributed by atoms with van der Waals surface area (Å²) < 4.78 is 0. The molecule has 0 aromatic carbocycles. The third-order valence-corrected chi connectivity index (χ3v) is 3.48. The highest BCUT2D eigenvalue weighted by Crippen LogP contribution is 2.48. The van der Waals surface area contributed by atoms with Crippen LogP contribution in [-0.4, -0.2) is 19.0 Å². The van der Waals surface area contributed by atoms with Crippen molar-refractivity contribution in [1.29, 1.82) is 0 Å². The zero-order valence-corrected chi connectivity index (χ0v) is 10.2. The third kappa shape index (κ3) is 4.65. The Morgan fingerprint density at radius 1 is 1.21 bits per heavy atom. The molecule has 84 valence electrons. The molecule has 1 N–H and O–H groups in total. The molecule has 0 aromatic rings. The lowest BCUT2D eigenvalue weighted by atomic mass is 10.0. The summed E-state index contributed by atoms with van der Waals surface area (Å²) in [6, 6.07) is 0. The number of alkyl halides is 1. The summed E-state index contributed by atoms with van der Waals surface area (Å²) in [4.78, 5) is 0. The van der Waals surface area contributed by atoms with Crippen molar-refractivity contribution in [3.05, 3.63) is 0 Å². The van der Waals surface area contributed by atoms with Gasteiger partial charge in [0.1, 0.15) is 0 Å². The molecule has 0 saturated heterocycles. The van der Waals surface area contributed by atoms with Crippen LogP contribution in [0.5, 0.6) is 0 Å². The minimum absolute atomic E-state index is 0.604. The molecular formula is C12H24ClN. The van der Waals surface area contributed by atoms with E-state index in [0.29, 0.717) is 5.41 Å². The average Bonchev–Trinajstić information content (AvgIpc) is 2.93. The molecule has 1 aliphatic carbocycles. The fourth-order valence-corrected chi connectivity index (χ4v) is 2.32. The molecule has 0 radical (unpaired) electrons. The molecule has 1 saturated carbocycles. The Bertz CT molecular complexity index is 143. The van der Waals surface area contributed by atoms with E-state index in [2.05, 4.69) is 12.2 Å². The minimum Gasteiger partial charge on any atom is -0.316 e.